The molecule has 2 aliphatic carbocycles. The molecule has 2 saturated carbocycles. The van der Waals surface area contributed by atoms with Gasteiger partial charge in [-0.15, -0.1) is 0 Å². The highest BCUT2D eigenvalue weighted by atomic mass is 16.5. The molecule has 0 aromatic heterocycles. The second-order valence-corrected chi connectivity index (χ2v) is 11.6. The zero-order valence-electron chi connectivity index (χ0n) is 21.7. The summed E-state index contributed by atoms with van der Waals surface area (Å²) in [6.45, 7) is 2.32. The first kappa shape index (κ1) is 25.3. The Hall–Kier alpha value is -2.94. The summed E-state index contributed by atoms with van der Waals surface area (Å²) in [7, 11) is 0. The number of carbonyl (C=O) groups excluding carboxylic acids is 3. The Morgan fingerprint density at radius 1 is 1.05 bits per heavy atom. The average Bonchev–Trinajstić information content (AvgIpc) is 3.33. The highest BCUT2D eigenvalue weighted by Crippen LogP contribution is 2.36. The van der Waals surface area contributed by atoms with E-state index in [9.17, 15) is 14.4 Å². The van der Waals surface area contributed by atoms with Gasteiger partial charge in [-0.1, -0.05) is 30.1 Å². The summed E-state index contributed by atoms with van der Waals surface area (Å²) in [4.78, 5) is 46.8. The summed E-state index contributed by atoms with van der Waals surface area (Å²) < 4.78 is 5.57. The van der Waals surface area contributed by atoms with Crippen LogP contribution in [0.3, 0.4) is 0 Å². The maximum atomic E-state index is 13.8. The van der Waals surface area contributed by atoms with Crippen molar-refractivity contribution < 1.29 is 19.1 Å². The van der Waals surface area contributed by atoms with Gasteiger partial charge in [-0.2, -0.15) is 0 Å². The van der Waals surface area contributed by atoms with E-state index in [0.717, 1.165) is 57.7 Å². The summed E-state index contributed by atoms with van der Waals surface area (Å²) in [5.74, 6) is -0.213. The third-order valence-corrected chi connectivity index (χ3v) is 9.30. The van der Waals surface area contributed by atoms with Crippen LogP contribution in [-0.4, -0.2) is 83.9 Å². The molecule has 4 atom stereocenters. The zero-order valence-corrected chi connectivity index (χ0v) is 21.7. The van der Waals surface area contributed by atoms with Crippen molar-refractivity contribution in [1.29, 1.82) is 0 Å². The normalized spacial score (nSPS) is 29.2. The van der Waals surface area contributed by atoms with E-state index in [1.54, 1.807) is 0 Å². The molecule has 1 aromatic carbocycles. The number of ketones is 1. The fourth-order valence-electron chi connectivity index (χ4n) is 7.04. The van der Waals surface area contributed by atoms with E-state index in [-0.39, 0.29) is 36.7 Å². The van der Waals surface area contributed by atoms with Crippen LogP contribution in [0, 0.1) is 5.92 Å². The zero-order chi connectivity index (χ0) is 26.2. The molecule has 2 amide bonds. The van der Waals surface area contributed by atoms with E-state index >= 15 is 0 Å². The minimum Gasteiger partial charge on any atom is -0.367 e. The first-order chi connectivity index (χ1) is 18.5. The minimum atomic E-state index is -0.760. The van der Waals surface area contributed by atoms with Crippen molar-refractivity contribution in [2.45, 2.75) is 87.6 Å². The number of fused-ring (bicyclic) bond motifs is 1. The monoisotopic (exact) mass is 520 g/mol. The molecular weight excluding hydrogens is 484 g/mol. The summed E-state index contributed by atoms with van der Waals surface area (Å²) >= 11 is 0. The molecule has 38 heavy (non-hydrogen) atoms. The Kier molecular flexibility index (Phi) is 7.12. The van der Waals surface area contributed by atoms with Crippen molar-refractivity contribution in [3.63, 3.8) is 0 Å². The number of nitrogens with one attached hydrogen (secondary N) is 1. The molecule has 0 radical (unpaired) electrons. The topological polar surface area (TPSA) is 128 Å². The van der Waals surface area contributed by atoms with E-state index < -0.39 is 24.2 Å². The molecule has 5 fully saturated rings. The molecule has 0 unspecified atom stereocenters. The van der Waals surface area contributed by atoms with Gasteiger partial charge in [-0.3, -0.25) is 14.4 Å². The van der Waals surface area contributed by atoms with Gasteiger partial charge in [0.15, 0.2) is 5.78 Å². The number of azide groups is 1. The van der Waals surface area contributed by atoms with Crippen molar-refractivity contribution >= 4 is 17.6 Å². The third kappa shape index (κ3) is 4.93. The summed E-state index contributed by atoms with van der Waals surface area (Å²) in [6, 6.07) is 6.57. The fraction of sp³-hybridized carbons (Fsp3) is 0.679. The SMILES string of the molecule is [N-]=[N+]=N[C@H]1CN(C(=O)[C@@H](NC(=O)c2ccc(C3CCN(C4CC4)CC3)cc2)C2CCCC2)[C@@H]2C(=O)CO[C@H]12. The van der Waals surface area contributed by atoms with Gasteiger partial charge in [0, 0.05) is 23.1 Å². The number of Topliss-reactive ketones (excluding diaryl/α,β-unsaturated/α-hetero) is 1. The molecule has 0 bridgehead atoms. The number of hydrogen-bond donors (Lipinski definition) is 1. The van der Waals surface area contributed by atoms with Crippen molar-refractivity contribution in [3.8, 4) is 0 Å². The lowest BCUT2D eigenvalue weighted by Gasteiger charge is -2.32. The predicted molar refractivity (Wildman–Crippen MR) is 139 cm³/mol. The van der Waals surface area contributed by atoms with Crippen LogP contribution in [0.5, 0.6) is 0 Å². The van der Waals surface area contributed by atoms with Gasteiger partial charge < -0.3 is 19.9 Å². The van der Waals surface area contributed by atoms with Gasteiger partial charge in [0.1, 0.15) is 18.7 Å². The number of rotatable bonds is 7. The molecule has 1 aromatic rings. The van der Waals surface area contributed by atoms with Crippen LogP contribution in [0.2, 0.25) is 0 Å². The minimum absolute atomic E-state index is 0.0109. The second kappa shape index (κ2) is 10.7. The van der Waals surface area contributed by atoms with Crippen LogP contribution >= 0.6 is 0 Å². The lowest BCUT2D eigenvalue weighted by Crippen LogP contribution is -2.54. The summed E-state index contributed by atoms with van der Waals surface area (Å²) in [5, 5.41) is 6.81. The molecule has 10 heteroatoms. The van der Waals surface area contributed by atoms with E-state index in [1.165, 1.54) is 23.3 Å². The number of benzene rings is 1. The third-order valence-electron chi connectivity index (χ3n) is 9.30. The van der Waals surface area contributed by atoms with Crippen LogP contribution < -0.4 is 5.32 Å². The van der Waals surface area contributed by atoms with E-state index in [2.05, 4.69) is 32.4 Å². The molecule has 3 saturated heterocycles. The van der Waals surface area contributed by atoms with Crippen LogP contribution in [0.25, 0.3) is 10.4 Å². The van der Waals surface area contributed by atoms with Crippen molar-refractivity contribution in [2.75, 3.05) is 26.2 Å². The van der Waals surface area contributed by atoms with Gasteiger partial charge in [0.25, 0.3) is 5.91 Å². The Labute approximate surface area is 222 Å². The van der Waals surface area contributed by atoms with Crippen LogP contribution in [0.1, 0.15) is 73.2 Å². The summed E-state index contributed by atoms with van der Waals surface area (Å²) in [6.07, 6.45) is 8.08. The van der Waals surface area contributed by atoms with Crippen molar-refractivity contribution in [2.24, 2.45) is 11.0 Å². The van der Waals surface area contributed by atoms with Gasteiger partial charge >= 0.3 is 0 Å². The highest BCUT2D eigenvalue weighted by molar-refractivity contribution is 5.99. The number of ether oxygens (including phenoxy) is 1. The molecule has 5 aliphatic rings. The molecular formula is C28H36N6O4. The predicted octanol–water partition coefficient (Wildman–Crippen LogP) is 3.17. The standard InChI is InChI=1S/C28H36N6O4/c29-32-31-22-15-34(25-23(35)16-38-26(22)25)28(37)24(19-3-1-2-4-19)30-27(36)20-7-5-17(6-8-20)18-11-13-33(14-12-18)21-9-10-21/h5-8,18-19,21-22,24-26H,1-4,9-16H2,(H,30,36)/t22-,24-,25+,26+/m0/s1. The summed E-state index contributed by atoms with van der Waals surface area (Å²) in [5.41, 5.74) is 10.8. The molecule has 202 valence electrons. The second-order valence-electron chi connectivity index (χ2n) is 11.6. The van der Waals surface area contributed by atoms with Gasteiger partial charge in [-0.05, 0) is 86.7 Å². The molecule has 3 aliphatic heterocycles. The average molecular weight is 521 g/mol. The Bertz CT molecular complexity index is 1120. The number of likely N-dealkylation sites (tertiary alicyclic amines) is 2. The molecule has 3 heterocycles. The lowest BCUT2D eigenvalue weighted by atomic mass is 9.89. The molecule has 1 N–H and O–H groups in total. The number of nitrogens with zero attached hydrogens (tertiary/aromatic N) is 5. The Morgan fingerprint density at radius 3 is 2.42 bits per heavy atom. The quantitative estimate of drug-likeness (QED) is 0.336. The van der Waals surface area contributed by atoms with Crippen LogP contribution in [-0.2, 0) is 14.3 Å². The van der Waals surface area contributed by atoms with Crippen LogP contribution in [0.15, 0.2) is 29.4 Å². The number of carbonyl (C=O) groups is 3. The Balaban J connectivity index is 1.14. The number of hydrogen-bond acceptors (Lipinski definition) is 6. The van der Waals surface area contributed by atoms with E-state index in [0.29, 0.717) is 11.5 Å². The van der Waals surface area contributed by atoms with Crippen LogP contribution in [0.4, 0.5) is 0 Å². The molecule has 10 nitrogen and oxygen atoms in total. The van der Waals surface area contributed by atoms with Gasteiger partial charge in [0.2, 0.25) is 5.91 Å². The first-order valence-electron chi connectivity index (χ1n) is 14.2. The van der Waals surface area contributed by atoms with Gasteiger partial charge in [0.05, 0.1) is 12.1 Å². The maximum Gasteiger partial charge on any atom is 0.251 e. The van der Waals surface area contributed by atoms with E-state index in [1.807, 2.05) is 12.1 Å². The maximum absolute atomic E-state index is 13.8. The smallest absolute Gasteiger partial charge is 0.251 e. The largest absolute Gasteiger partial charge is 0.367 e. The molecule has 0 spiro atoms. The van der Waals surface area contributed by atoms with Gasteiger partial charge in [-0.25, -0.2) is 0 Å². The first-order valence-corrected chi connectivity index (χ1v) is 14.2. The Morgan fingerprint density at radius 2 is 1.76 bits per heavy atom. The fourth-order valence-corrected chi connectivity index (χ4v) is 7.04. The van der Waals surface area contributed by atoms with Crippen molar-refractivity contribution in [1.82, 2.24) is 15.1 Å². The highest BCUT2D eigenvalue weighted by Gasteiger charge is 2.53. The number of piperidine rings is 1. The van der Waals surface area contributed by atoms with E-state index in [4.69, 9.17) is 10.3 Å². The molecule has 6 rings (SSSR count). The lowest BCUT2D eigenvalue weighted by molar-refractivity contribution is -0.139. The van der Waals surface area contributed by atoms with Crippen molar-refractivity contribution in [3.05, 3.63) is 45.8 Å². The number of amides is 2.